The Bertz CT molecular complexity index is 1290. The molecule has 0 saturated heterocycles. The summed E-state index contributed by atoms with van der Waals surface area (Å²) in [6.45, 7) is 2.98. The predicted octanol–water partition coefficient (Wildman–Crippen LogP) is 8.14. The van der Waals surface area contributed by atoms with Crippen molar-refractivity contribution in [1.82, 2.24) is 0 Å². The zero-order chi connectivity index (χ0) is 45.9. The molecule has 15 heteroatoms. The zero-order valence-electron chi connectivity index (χ0n) is 37.8. The Labute approximate surface area is 372 Å². The van der Waals surface area contributed by atoms with Crippen LogP contribution in [0.25, 0.3) is 0 Å². The Morgan fingerprint density at radius 3 is 1.50 bits per heavy atom. The molecule has 1 rings (SSSR count). The first kappa shape index (κ1) is 57.8. The topological polar surface area (TPSA) is 230 Å². The van der Waals surface area contributed by atoms with Crippen LogP contribution in [0, 0.1) is 0 Å². The molecule has 0 aromatic heterocycles. The molecule has 7 N–H and O–H groups in total. The number of rotatable bonds is 38. The molecule has 62 heavy (non-hydrogen) atoms. The van der Waals surface area contributed by atoms with Crippen molar-refractivity contribution in [3.05, 3.63) is 48.6 Å². The number of aliphatic hydroxyl groups is 6. The maximum Gasteiger partial charge on any atom is 0.472 e. The summed E-state index contributed by atoms with van der Waals surface area (Å²) in [5.41, 5.74) is 0. The number of hydrogen-bond acceptors (Lipinski definition) is 13. The average molecular weight is 903 g/mol. The third kappa shape index (κ3) is 29.3. The summed E-state index contributed by atoms with van der Waals surface area (Å²) in [7, 11) is -5.14. The maximum absolute atomic E-state index is 12.8. The van der Waals surface area contributed by atoms with Gasteiger partial charge in [0.2, 0.25) is 0 Å². The number of ether oxygens (including phenoxy) is 2. The summed E-state index contributed by atoms with van der Waals surface area (Å²) >= 11 is 0. The van der Waals surface area contributed by atoms with Gasteiger partial charge in [-0.1, -0.05) is 152 Å². The molecule has 14 nitrogen and oxygen atoms in total. The highest BCUT2D eigenvalue weighted by atomic mass is 31.2. The fourth-order valence-electron chi connectivity index (χ4n) is 6.85. The first-order valence-corrected chi connectivity index (χ1v) is 25.0. The lowest BCUT2D eigenvalue weighted by Crippen LogP contribution is -2.64. The third-order valence-corrected chi connectivity index (χ3v) is 11.8. The van der Waals surface area contributed by atoms with Crippen molar-refractivity contribution in [2.24, 2.45) is 0 Å². The van der Waals surface area contributed by atoms with Crippen LogP contribution in [0.4, 0.5) is 0 Å². The number of unbranched alkanes of at least 4 members (excludes halogenated alkanes) is 15. The Hall–Kier alpha value is -2.23. The minimum absolute atomic E-state index is 0.00796. The molecule has 360 valence electrons. The van der Waals surface area contributed by atoms with E-state index in [1.807, 2.05) is 19.1 Å². The first-order valence-electron chi connectivity index (χ1n) is 23.5. The Balaban J connectivity index is 2.50. The highest BCUT2D eigenvalue weighted by Gasteiger charge is 2.51. The van der Waals surface area contributed by atoms with Crippen molar-refractivity contribution in [3.8, 4) is 0 Å². The summed E-state index contributed by atoms with van der Waals surface area (Å²) in [5, 5.41) is 59.7. The molecule has 0 heterocycles. The van der Waals surface area contributed by atoms with E-state index >= 15 is 0 Å². The van der Waals surface area contributed by atoms with E-state index in [2.05, 4.69) is 43.4 Å². The van der Waals surface area contributed by atoms with Crippen LogP contribution in [-0.4, -0.2) is 110 Å². The molecule has 7 unspecified atom stereocenters. The van der Waals surface area contributed by atoms with Crippen LogP contribution in [0.15, 0.2) is 48.6 Å². The van der Waals surface area contributed by atoms with Gasteiger partial charge in [0.15, 0.2) is 6.10 Å². The quantitative estimate of drug-likeness (QED) is 0.0134. The van der Waals surface area contributed by atoms with Gasteiger partial charge < -0.3 is 45.0 Å². The van der Waals surface area contributed by atoms with Gasteiger partial charge in [-0.25, -0.2) is 4.57 Å². The van der Waals surface area contributed by atoms with Gasteiger partial charge in [-0.2, -0.15) is 0 Å². The molecular weight excluding hydrogens is 819 g/mol. The molecule has 0 radical (unpaired) electrons. The third-order valence-electron chi connectivity index (χ3n) is 10.8. The van der Waals surface area contributed by atoms with E-state index in [1.165, 1.54) is 70.6 Å². The summed E-state index contributed by atoms with van der Waals surface area (Å²) in [4.78, 5) is 35.7. The fraction of sp³-hybridized carbons (Fsp3) is 0.787. The molecular formula is C47H83O14P. The SMILES string of the molecule is CCCCCCCCCCCCCCCCCC(=O)OCC(COP(=O)(O)OC1C(O)C(O)C(O)C(O)C1O)OC(=O)CCC/C=C\C/C=C\C/C=C\C/C=C\CCC(O)CC. The van der Waals surface area contributed by atoms with E-state index in [4.69, 9.17) is 18.5 Å². The first-order chi connectivity index (χ1) is 29.8. The minimum Gasteiger partial charge on any atom is -0.462 e. The van der Waals surface area contributed by atoms with Crippen LogP contribution in [0.1, 0.15) is 174 Å². The van der Waals surface area contributed by atoms with E-state index in [0.29, 0.717) is 19.3 Å². The van der Waals surface area contributed by atoms with Gasteiger partial charge in [-0.3, -0.25) is 18.6 Å². The molecule has 0 aromatic carbocycles. The number of phosphoric acid groups is 1. The smallest absolute Gasteiger partial charge is 0.462 e. The van der Waals surface area contributed by atoms with Crippen LogP contribution in [0.2, 0.25) is 0 Å². The lowest BCUT2D eigenvalue weighted by Gasteiger charge is -2.41. The van der Waals surface area contributed by atoms with Crippen molar-refractivity contribution >= 4 is 19.8 Å². The Morgan fingerprint density at radius 2 is 1.00 bits per heavy atom. The van der Waals surface area contributed by atoms with Crippen LogP contribution in [0.3, 0.4) is 0 Å². The average Bonchev–Trinajstić information content (AvgIpc) is 3.25. The maximum atomic E-state index is 12.8. The highest BCUT2D eigenvalue weighted by molar-refractivity contribution is 7.47. The molecule has 7 atom stereocenters. The van der Waals surface area contributed by atoms with Gasteiger partial charge in [-0.15, -0.1) is 0 Å². The van der Waals surface area contributed by atoms with Crippen molar-refractivity contribution in [3.63, 3.8) is 0 Å². The minimum atomic E-state index is -5.14. The number of hydrogen-bond donors (Lipinski definition) is 7. The Kier molecular flexibility index (Phi) is 34.5. The monoisotopic (exact) mass is 903 g/mol. The summed E-state index contributed by atoms with van der Waals surface area (Å²) in [6, 6.07) is 0. The Morgan fingerprint density at radius 1 is 0.565 bits per heavy atom. The van der Waals surface area contributed by atoms with Crippen LogP contribution in [-0.2, 0) is 32.7 Å². The van der Waals surface area contributed by atoms with Gasteiger partial charge in [-0.05, 0) is 57.8 Å². The van der Waals surface area contributed by atoms with E-state index in [1.54, 1.807) is 0 Å². The van der Waals surface area contributed by atoms with Crippen molar-refractivity contribution in [1.29, 1.82) is 0 Å². The van der Waals surface area contributed by atoms with E-state index < -0.39 is 75.7 Å². The van der Waals surface area contributed by atoms with Gasteiger partial charge in [0, 0.05) is 12.8 Å². The number of allylic oxidation sites excluding steroid dienone is 8. The van der Waals surface area contributed by atoms with Gasteiger partial charge in [0.1, 0.15) is 43.2 Å². The second-order valence-electron chi connectivity index (χ2n) is 16.4. The zero-order valence-corrected chi connectivity index (χ0v) is 38.7. The van der Waals surface area contributed by atoms with Gasteiger partial charge >= 0.3 is 19.8 Å². The molecule has 0 aliphatic heterocycles. The van der Waals surface area contributed by atoms with Crippen molar-refractivity contribution in [2.75, 3.05) is 13.2 Å². The largest absolute Gasteiger partial charge is 0.472 e. The second kappa shape index (κ2) is 37.0. The van der Waals surface area contributed by atoms with E-state index in [-0.39, 0.29) is 18.9 Å². The molecule has 1 aliphatic rings. The molecule has 1 saturated carbocycles. The molecule has 1 aliphatic carbocycles. The normalized spacial score (nSPS) is 22.8. The molecule has 1 fully saturated rings. The number of esters is 2. The van der Waals surface area contributed by atoms with Crippen molar-refractivity contribution in [2.45, 2.75) is 223 Å². The summed E-state index contributed by atoms with van der Waals surface area (Å²) in [5.74, 6) is -1.18. The van der Waals surface area contributed by atoms with Crippen LogP contribution < -0.4 is 0 Å². The summed E-state index contributed by atoms with van der Waals surface area (Å²) in [6.07, 6.45) is 26.8. The second-order valence-corrected chi connectivity index (χ2v) is 17.8. The van der Waals surface area contributed by atoms with E-state index in [0.717, 1.165) is 57.8 Å². The van der Waals surface area contributed by atoms with Gasteiger partial charge in [0.05, 0.1) is 12.7 Å². The lowest BCUT2D eigenvalue weighted by atomic mass is 9.85. The standard InChI is InChI=1S/C47H83O14P/c1-3-5-6-7-8-9-10-11-12-16-19-22-25-28-31-34-40(49)58-36-39(37-59-62(56,57)61-47-45(54)43(52)42(51)44(53)46(47)55)60-41(50)35-32-29-26-23-20-17-14-13-15-18-21-24-27-30-33-38(48)4-2/h14-15,17-18,23-24,26-27,38-39,42-48,51-55H,3-13,16,19-22,25,28-37H2,1-2H3,(H,56,57)/b17-14-,18-15-,26-23-,27-24-. The van der Waals surface area contributed by atoms with Crippen molar-refractivity contribution < 1.29 is 68.2 Å². The molecule has 0 spiro atoms. The van der Waals surface area contributed by atoms with Gasteiger partial charge in [0.25, 0.3) is 0 Å². The number of phosphoric ester groups is 1. The number of carbonyl (C=O) groups is 2. The van der Waals surface area contributed by atoms with Crippen LogP contribution >= 0.6 is 7.82 Å². The fourth-order valence-corrected chi connectivity index (χ4v) is 7.82. The predicted molar refractivity (Wildman–Crippen MR) is 241 cm³/mol. The van der Waals surface area contributed by atoms with Crippen LogP contribution in [0.5, 0.6) is 0 Å². The van der Waals surface area contributed by atoms with E-state index in [9.17, 15) is 49.7 Å². The molecule has 0 bridgehead atoms. The summed E-state index contributed by atoms with van der Waals surface area (Å²) < 4.78 is 33.5. The lowest BCUT2D eigenvalue weighted by molar-refractivity contribution is -0.220. The number of aliphatic hydroxyl groups excluding tert-OH is 6. The molecule has 0 aromatic rings. The molecule has 0 amide bonds. The number of carbonyl (C=O) groups excluding carboxylic acids is 2. The highest BCUT2D eigenvalue weighted by Crippen LogP contribution is 2.47.